The van der Waals surface area contributed by atoms with Gasteiger partial charge in [0.25, 0.3) is 0 Å². The maximum atomic E-state index is 12.7. The average Bonchev–Trinajstić information content (AvgIpc) is 2.48. The van der Waals surface area contributed by atoms with Crippen LogP contribution in [-0.2, 0) is 13.6 Å². The summed E-state index contributed by atoms with van der Waals surface area (Å²) in [6.45, 7) is 7.14. The van der Waals surface area contributed by atoms with E-state index in [0.717, 1.165) is 17.4 Å². The molecule has 6 nitrogen and oxygen atoms in total. The van der Waals surface area contributed by atoms with E-state index in [1.807, 2.05) is 19.9 Å². The molecule has 126 valence electrons. The topological polar surface area (TPSA) is 86.0 Å². The fourth-order valence-corrected chi connectivity index (χ4v) is 4.09. The van der Waals surface area contributed by atoms with Gasteiger partial charge in [-0.3, -0.25) is 9.36 Å². The second kappa shape index (κ2) is 6.97. The summed E-state index contributed by atoms with van der Waals surface area (Å²) in [6, 6.07) is 3.57. The van der Waals surface area contributed by atoms with Gasteiger partial charge in [-0.15, -0.1) is 0 Å². The molecule has 1 unspecified atom stereocenters. The minimum atomic E-state index is -3.87. The fraction of sp³-hybridized carbons (Fsp3) is 0.438. The highest BCUT2D eigenvalue weighted by atomic mass is 31.2. The van der Waals surface area contributed by atoms with Crippen molar-refractivity contribution in [2.45, 2.75) is 33.5 Å². The Balaban J connectivity index is 2.62. The van der Waals surface area contributed by atoms with Crippen molar-refractivity contribution >= 4 is 18.6 Å². The molecule has 0 bridgehead atoms. The number of hydrogen-bond acceptors (Lipinski definition) is 6. The molecule has 0 saturated carbocycles. The lowest BCUT2D eigenvalue weighted by Crippen LogP contribution is -2.16. The molecule has 1 N–H and O–H groups in total. The Bertz CT molecular complexity index is 800. The summed E-state index contributed by atoms with van der Waals surface area (Å²) < 4.78 is 28.4. The number of aryl methyl sites for hydroxylation is 2. The first-order valence-corrected chi connectivity index (χ1v) is 9.04. The van der Waals surface area contributed by atoms with Crippen molar-refractivity contribution in [3.8, 4) is 0 Å². The Morgan fingerprint density at radius 1 is 1.22 bits per heavy atom. The quantitative estimate of drug-likeness (QED) is 0.808. The Hall–Kier alpha value is -1.46. The maximum absolute atomic E-state index is 12.7. The van der Waals surface area contributed by atoms with Gasteiger partial charge in [-0.25, -0.2) is 0 Å². The SMILES string of the molecule is CCOP(=O)(OCC)C(O)c1coc2c(C)cc(C)cc2c1=O. The first-order chi connectivity index (χ1) is 10.8. The van der Waals surface area contributed by atoms with Gasteiger partial charge in [0, 0.05) is 0 Å². The molecule has 0 aliphatic carbocycles. The third kappa shape index (κ3) is 3.40. The molecule has 7 heteroatoms. The van der Waals surface area contributed by atoms with Gasteiger partial charge in [-0.05, 0) is 44.9 Å². The van der Waals surface area contributed by atoms with E-state index in [1.54, 1.807) is 19.9 Å². The number of aliphatic hydroxyl groups is 1. The lowest BCUT2D eigenvalue weighted by atomic mass is 10.1. The second-order valence-electron chi connectivity index (χ2n) is 5.23. The summed E-state index contributed by atoms with van der Waals surface area (Å²) in [5, 5.41) is 10.7. The van der Waals surface area contributed by atoms with Crippen LogP contribution in [0.3, 0.4) is 0 Å². The fourth-order valence-electron chi connectivity index (χ4n) is 2.50. The molecule has 0 amide bonds. The molecule has 0 aliphatic rings. The largest absolute Gasteiger partial charge is 0.463 e. The van der Waals surface area contributed by atoms with Crippen molar-refractivity contribution in [1.82, 2.24) is 0 Å². The monoisotopic (exact) mass is 340 g/mol. The summed E-state index contributed by atoms with van der Waals surface area (Å²) in [6.07, 6.45) is 1.13. The summed E-state index contributed by atoms with van der Waals surface area (Å²) in [5.74, 6) is -1.69. The van der Waals surface area contributed by atoms with Gasteiger partial charge in [0.15, 0.2) is 11.3 Å². The van der Waals surface area contributed by atoms with E-state index in [9.17, 15) is 14.5 Å². The van der Waals surface area contributed by atoms with Gasteiger partial charge >= 0.3 is 7.60 Å². The van der Waals surface area contributed by atoms with Crippen LogP contribution in [0, 0.1) is 13.8 Å². The highest BCUT2D eigenvalue weighted by Gasteiger charge is 2.37. The first-order valence-electron chi connectivity index (χ1n) is 7.43. The van der Waals surface area contributed by atoms with E-state index < -0.39 is 18.9 Å². The predicted octanol–water partition coefficient (Wildman–Crippen LogP) is 3.67. The number of benzene rings is 1. The molecule has 1 aromatic heterocycles. The van der Waals surface area contributed by atoms with Crippen molar-refractivity contribution in [3.05, 3.63) is 45.3 Å². The van der Waals surface area contributed by atoms with E-state index in [1.165, 1.54) is 0 Å². The number of fused-ring (bicyclic) bond motifs is 1. The smallest absolute Gasteiger partial charge is 0.363 e. The molecule has 23 heavy (non-hydrogen) atoms. The molecule has 1 aromatic carbocycles. The molecule has 0 fully saturated rings. The highest BCUT2D eigenvalue weighted by molar-refractivity contribution is 7.54. The van der Waals surface area contributed by atoms with Crippen LogP contribution in [0.4, 0.5) is 0 Å². The third-order valence-corrected chi connectivity index (χ3v) is 5.54. The van der Waals surface area contributed by atoms with Crippen molar-refractivity contribution < 1.29 is 23.1 Å². The van der Waals surface area contributed by atoms with Gasteiger partial charge in [0.1, 0.15) is 11.8 Å². The van der Waals surface area contributed by atoms with Crippen molar-refractivity contribution in [2.24, 2.45) is 0 Å². The van der Waals surface area contributed by atoms with Crippen LogP contribution in [0.15, 0.2) is 27.6 Å². The van der Waals surface area contributed by atoms with E-state index in [2.05, 4.69) is 0 Å². The zero-order valence-electron chi connectivity index (χ0n) is 13.7. The van der Waals surface area contributed by atoms with Crippen LogP contribution >= 0.6 is 7.60 Å². The van der Waals surface area contributed by atoms with Crippen molar-refractivity contribution in [3.63, 3.8) is 0 Å². The molecule has 0 radical (unpaired) electrons. The number of hydrogen-bond donors (Lipinski definition) is 1. The Morgan fingerprint density at radius 3 is 2.39 bits per heavy atom. The molecule has 0 saturated heterocycles. The van der Waals surface area contributed by atoms with Crippen LogP contribution < -0.4 is 5.43 Å². The number of rotatable bonds is 6. The van der Waals surface area contributed by atoms with E-state index in [-0.39, 0.29) is 18.8 Å². The third-order valence-electron chi connectivity index (χ3n) is 3.43. The summed E-state index contributed by atoms with van der Waals surface area (Å²) in [5.41, 5.74) is 1.58. The predicted molar refractivity (Wildman–Crippen MR) is 87.8 cm³/mol. The van der Waals surface area contributed by atoms with Gasteiger partial charge in [-0.1, -0.05) is 6.07 Å². The Labute approximate surface area is 134 Å². The van der Waals surface area contributed by atoms with Crippen LogP contribution in [0.1, 0.15) is 36.4 Å². The highest BCUT2D eigenvalue weighted by Crippen LogP contribution is 2.59. The molecule has 1 heterocycles. The van der Waals surface area contributed by atoms with Crippen LogP contribution in [-0.4, -0.2) is 18.3 Å². The summed E-state index contributed by atoms with van der Waals surface area (Å²) in [7, 11) is -3.87. The number of aliphatic hydroxyl groups excluding tert-OH is 1. The van der Waals surface area contributed by atoms with Crippen molar-refractivity contribution in [1.29, 1.82) is 0 Å². The molecular weight excluding hydrogens is 319 g/mol. The van der Waals surface area contributed by atoms with Crippen LogP contribution in [0.25, 0.3) is 11.0 Å². The molecule has 0 spiro atoms. The van der Waals surface area contributed by atoms with Crippen LogP contribution in [0.2, 0.25) is 0 Å². The zero-order valence-corrected chi connectivity index (χ0v) is 14.6. The molecule has 2 rings (SSSR count). The maximum Gasteiger partial charge on any atom is 0.363 e. The molecular formula is C16H21O6P. The van der Waals surface area contributed by atoms with E-state index >= 15 is 0 Å². The second-order valence-corrected chi connectivity index (χ2v) is 7.31. The van der Waals surface area contributed by atoms with E-state index in [0.29, 0.717) is 11.0 Å². The Kier molecular flexibility index (Phi) is 5.42. The molecule has 1 atom stereocenters. The van der Waals surface area contributed by atoms with Crippen LogP contribution in [0.5, 0.6) is 0 Å². The molecule has 0 aliphatic heterocycles. The van der Waals surface area contributed by atoms with Gasteiger partial charge in [0.05, 0.1) is 24.2 Å². The summed E-state index contributed by atoms with van der Waals surface area (Å²) >= 11 is 0. The summed E-state index contributed by atoms with van der Waals surface area (Å²) in [4.78, 5) is 12.7. The first kappa shape index (κ1) is 17.9. The minimum absolute atomic E-state index is 0.0888. The van der Waals surface area contributed by atoms with Gasteiger partial charge < -0.3 is 18.6 Å². The normalized spacial score (nSPS) is 13.4. The zero-order chi connectivity index (χ0) is 17.2. The van der Waals surface area contributed by atoms with Crippen molar-refractivity contribution in [2.75, 3.05) is 13.2 Å². The lowest BCUT2D eigenvalue weighted by molar-refractivity contribution is 0.148. The molecule has 2 aromatic rings. The standard InChI is InChI=1S/C16H21O6P/c1-5-21-23(19,22-6-2)16(18)13-9-20-15-11(4)7-10(3)8-12(15)14(13)17/h7-9,16,18H,5-6H2,1-4H3. The van der Waals surface area contributed by atoms with E-state index in [4.69, 9.17) is 13.5 Å². The lowest BCUT2D eigenvalue weighted by Gasteiger charge is -2.21. The van der Waals surface area contributed by atoms with Gasteiger partial charge in [-0.2, -0.15) is 0 Å². The van der Waals surface area contributed by atoms with Gasteiger partial charge in [0.2, 0.25) is 0 Å². The minimum Gasteiger partial charge on any atom is -0.463 e. The Morgan fingerprint density at radius 2 is 1.83 bits per heavy atom. The average molecular weight is 340 g/mol.